The van der Waals surface area contributed by atoms with Gasteiger partial charge in [0, 0.05) is 37.1 Å². The van der Waals surface area contributed by atoms with Gasteiger partial charge in [0.15, 0.2) is 11.5 Å². The van der Waals surface area contributed by atoms with Gasteiger partial charge in [0.1, 0.15) is 0 Å². The van der Waals surface area contributed by atoms with Crippen LogP contribution in [0.15, 0.2) is 67.3 Å². The minimum atomic E-state index is 0.0387. The first-order chi connectivity index (χ1) is 17.0. The molecule has 186 valence electrons. The minimum Gasteiger partial charge on any atom is -0.493 e. The van der Waals surface area contributed by atoms with Gasteiger partial charge in [-0.05, 0) is 68.8 Å². The van der Waals surface area contributed by atoms with Crippen molar-refractivity contribution < 1.29 is 14.3 Å². The average Bonchev–Trinajstić information content (AvgIpc) is 3.41. The molecule has 7 nitrogen and oxygen atoms in total. The molecule has 0 spiro atoms. The van der Waals surface area contributed by atoms with Crippen LogP contribution in [0.1, 0.15) is 30.9 Å². The van der Waals surface area contributed by atoms with E-state index in [1.807, 2.05) is 59.3 Å². The molecule has 3 aromatic rings. The van der Waals surface area contributed by atoms with Gasteiger partial charge in [0.05, 0.1) is 20.5 Å². The van der Waals surface area contributed by atoms with E-state index in [1.165, 1.54) is 5.56 Å². The maximum Gasteiger partial charge on any atom is 0.224 e. The van der Waals surface area contributed by atoms with Gasteiger partial charge in [-0.1, -0.05) is 30.4 Å². The fourth-order valence-corrected chi connectivity index (χ4v) is 3.76. The molecule has 0 fully saturated rings. The predicted molar refractivity (Wildman–Crippen MR) is 140 cm³/mol. The molecular weight excluding hydrogens is 440 g/mol. The lowest BCUT2D eigenvalue weighted by molar-refractivity contribution is -0.120. The lowest BCUT2D eigenvalue weighted by atomic mass is 10.1. The van der Waals surface area contributed by atoms with Crippen LogP contribution >= 0.6 is 0 Å². The fourth-order valence-electron chi connectivity index (χ4n) is 3.76. The summed E-state index contributed by atoms with van der Waals surface area (Å²) in [5, 5.41) is 3.09. The highest BCUT2D eigenvalue weighted by atomic mass is 16.5. The maximum atomic E-state index is 12.3. The molecule has 1 unspecified atom stereocenters. The van der Waals surface area contributed by atoms with E-state index in [0.29, 0.717) is 6.42 Å². The predicted octanol–water partition coefficient (Wildman–Crippen LogP) is 4.36. The number of nitrogens with zero attached hydrogens (tertiary/aromatic N) is 3. The largest absolute Gasteiger partial charge is 0.493 e. The number of benzene rings is 2. The number of aromatic nitrogens is 2. The summed E-state index contributed by atoms with van der Waals surface area (Å²) in [5.74, 6) is 1.54. The Labute approximate surface area is 208 Å². The number of hydrogen-bond donors (Lipinski definition) is 1. The Hall–Kier alpha value is -3.58. The van der Waals surface area contributed by atoms with Gasteiger partial charge >= 0.3 is 0 Å². The highest BCUT2D eigenvalue weighted by molar-refractivity contribution is 5.78. The zero-order chi connectivity index (χ0) is 25.0. The second kappa shape index (κ2) is 13.3. The SMILES string of the molecule is COc1ccc(CCN(C)CCC(C)NC(=O)C/C=C/c2ccc(-n3ccnc3)cc2)cc1OC. The molecule has 1 atom stereocenters. The maximum absolute atomic E-state index is 12.3. The van der Waals surface area contributed by atoms with E-state index in [1.54, 1.807) is 26.7 Å². The van der Waals surface area contributed by atoms with Crippen LogP contribution < -0.4 is 14.8 Å². The fraction of sp³-hybridized carbons (Fsp3) is 0.357. The van der Waals surface area contributed by atoms with Crippen molar-refractivity contribution in [2.45, 2.75) is 32.2 Å². The summed E-state index contributed by atoms with van der Waals surface area (Å²) >= 11 is 0. The summed E-state index contributed by atoms with van der Waals surface area (Å²) in [6.07, 6.45) is 11.5. The van der Waals surface area contributed by atoms with Crippen LogP contribution in [-0.2, 0) is 11.2 Å². The van der Waals surface area contributed by atoms with E-state index >= 15 is 0 Å². The normalized spacial score (nSPS) is 12.1. The second-order valence-corrected chi connectivity index (χ2v) is 8.67. The second-order valence-electron chi connectivity index (χ2n) is 8.67. The van der Waals surface area contributed by atoms with E-state index < -0.39 is 0 Å². The first-order valence-electron chi connectivity index (χ1n) is 11.9. The molecular formula is C28H36N4O3. The minimum absolute atomic E-state index is 0.0387. The Bertz CT molecular complexity index is 1080. The summed E-state index contributed by atoms with van der Waals surface area (Å²) in [5.41, 5.74) is 3.32. The van der Waals surface area contributed by atoms with Gasteiger partial charge in [-0.25, -0.2) is 4.98 Å². The average molecular weight is 477 g/mol. The van der Waals surface area contributed by atoms with E-state index in [9.17, 15) is 4.79 Å². The highest BCUT2D eigenvalue weighted by Crippen LogP contribution is 2.27. The van der Waals surface area contributed by atoms with E-state index in [2.05, 4.69) is 35.2 Å². The molecule has 0 saturated carbocycles. The third-order valence-electron chi connectivity index (χ3n) is 5.89. The molecule has 0 aliphatic rings. The van der Waals surface area contributed by atoms with Crippen molar-refractivity contribution in [2.24, 2.45) is 0 Å². The molecule has 35 heavy (non-hydrogen) atoms. The van der Waals surface area contributed by atoms with E-state index in [-0.39, 0.29) is 11.9 Å². The van der Waals surface area contributed by atoms with Crippen LogP contribution in [0.3, 0.4) is 0 Å². The Morgan fingerprint density at radius 1 is 1.11 bits per heavy atom. The summed E-state index contributed by atoms with van der Waals surface area (Å²) in [7, 11) is 5.40. The topological polar surface area (TPSA) is 68.6 Å². The molecule has 2 aromatic carbocycles. The molecule has 0 saturated heterocycles. The van der Waals surface area contributed by atoms with Crippen molar-refractivity contribution in [3.05, 3.63) is 78.4 Å². The number of carbonyl (C=O) groups is 1. The van der Waals surface area contributed by atoms with Crippen LogP contribution in [0, 0.1) is 0 Å². The summed E-state index contributed by atoms with van der Waals surface area (Å²) < 4.78 is 12.6. The first-order valence-corrected chi connectivity index (χ1v) is 11.9. The zero-order valence-electron chi connectivity index (χ0n) is 21.1. The van der Waals surface area contributed by atoms with Crippen molar-refractivity contribution in [2.75, 3.05) is 34.4 Å². The van der Waals surface area contributed by atoms with E-state index in [0.717, 1.165) is 48.7 Å². The summed E-state index contributed by atoms with van der Waals surface area (Å²) in [4.78, 5) is 18.7. The van der Waals surface area contributed by atoms with Crippen molar-refractivity contribution in [3.63, 3.8) is 0 Å². The summed E-state index contributed by atoms with van der Waals surface area (Å²) in [6, 6.07) is 14.3. The number of imidazole rings is 1. The Kier molecular flexibility index (Phi) is 9.93. The third kappa shape index (κ3) is 8.30. The molecule has 0 aliphatic heterocycles. The third-order valence-corrected chi connectivity index (χ3v) is 5.89. The monoisotopic (exact) mass is 476 g/mol. The van der Waals surface area contributed by atoms with Crippen molar-refractivity contribution in [1.29, 1.82) is 0 Å². The number of methoxy groups -OCH3 is 2. The molecule has 0 bridgehead atoms. The number of likely N-dealkylation sites (N-methyl/N-ethyl adjacent to an activating group) is 1. The van der Waals surface area contributed by atoms with Gasteiger partial charge in [-0.3, -0.25) is 4.79 Å². The number of rotatable bonds is 13. The molecule has 1 N–H and O–H groups in total. The number of nitrogens with one attached hydrogen (secondary N) is 1. The Morgan fingerprint density at radius 2 is 1.89 bits per heavy atom. The van der Waals surface area contributed by atoms with Crippen molar-refractivity contribution >= 4 is 12.0 Å². The smallest absolute Gasteiger partial charge is 0.224 e. The molecule has 7 heteroatoms. The molecule has 1 heterocycles. The zero-order valence-corrected chi connectivity index (χ0v) is 21.1. The van der Waals surface area contributed by atoms with Crippen LogP contribution in [0.25, 0.3) is 11.8 Å². The highest BCUT2D eigenvalue weighted by Gasteiger charge is 2.09. The lowest BCUT2D eigenvalue weighted by Gasteiger charge is -2.20. The van der Waals surface area contributed by atoms with Crippen LogP contribution in [-0.4, -0.2) is 60.8 Å². The van der Waals surface area contributed by atoms with Crippen LogP contribution in [0.2, 0.25) is 0 Å². The number of hydrogen-bond acceptors (Lipinski definition) is 5. The van der Waals surface area contributed by atoms with E-state index in [4.69, 9.17) is 9.47 Å². The molecule has 0 aliphatic carbocycles. The van der Waals surface area contributed by atoms with Crippen LogP contribution in [0.5, 0.6) is 11.5 Å². The van der Waals surface area contributed by atoms with Crippen LogP contribution in [0.4, 0.5) is 0 Å². The van der Waals surface area contributed by atoms with Crippen molar-refractivity contribution in [3.8, 4) is 17.2 Å². The molecule has 3 rings (SSSR count). The Balaban J connectivity index is 1.34. The van der Waals surface area contributed by atoms with Gasteiger partial charge in [-0.15, -0.1) is 0 Å². The molecule has 1 amide bonds. The Morgan fingerprint density at radius 3 is 2.57 bits per heavy atom. The van der Waals surface area contributed by atoms with Gasteiger partial charge in [-0.2, -0.15) is 0 Å². The number of amides is 1. The first kappa shape index (κ1) is 26.0. The molecule has 1 aromatic heterocycles. The molecule has 0 radical (unpaired) electrons. The lowest BCUT2D eigenvalue weighted by Crippen LogP contribution is -2.35. The summed E-state index contributed by atoms with van der Waals surface area (Å²) in [6.45, 7) is 3.89. The number of ether oxygens (including phenoxy) is 2. The standard InChI is InChI=1S/C28H36N4O3/c1-22(14-17-31(2)18-15-24-10-13-26(34-3)27(20-24)35-4)30-28(33)7-5-6-23-8-11-25(12-9-23)32-19-16-29-21-32/h5-6,8-13,16,19-22H,7,14-15,17-18H2,1-4H3,(H,30,33)/b6-5+. The van der Waals surface area contributed by atoms with Crippen molar-refractivity contribution in [1.82, 2.24) is 19.8 Å². The van der Waals surface area contributed by atoms with Gasteiger partial charge in [0.2, 0.25) is 5.91 Å². The van der Waals surface area contributed by atoms with Gasteiger partial charge in [0.25, 0.3) is 0 Å². The number of carbonyl (C=O) groups excluding carboxylic acids is 1. The quantitative estimate of drug-likeness (QED) is 0.397. The van der Waals surface area contributed by atoms with Gasteiger partial charge < -0.3 is 24.3 Å².